The van der Waals surface area contributed by atoms with E-state index in [9.17, 15) is 26.4 Å². The zero-order valence-electron chi connectivity index (χ0n) is 41.3. The van der Waals surface area contributed by atoms with E-state index in [0.29, 0.717) is 16.7 Å². The van der Waals surface area contributed by atoms with Gasteiger partial charge in [-0.3, -0.25) is 19.3 Å². The third kappa shape index (κ3) is 15.8. The van der Waals surface area contributed by atoms with Gasteiger partial charge >= 0.3 is 5.51 Å². The summed E-state index contributed by atoms with van der Waals surface area (Å²) in [6.07, 6.45) is 3.39. The zero-order chi connectivity index (χ0) is 49.5. The summed E-state index contributed by atoms with van der Waals surface area (Å²) in [4.78, 5) is 23.2. The molecule has 0 radical (unpaired) electrons. The van der Waals surface area contributed by atoms with Gasteiger partial charge in [-0.05, 0) is 130 Å². The highest BCUT2D eigenvalue weighted by atomic mass is 32.2. The Labute approximate surface area is 413 Å². The molecular formula is C53H73F3N6O3S3. The molecule has 0 unspecified atom stereocenters. The molecule has 0 atom stereocenters. The lowest BCUT2D eigenvalue weighted by Crippen LogP contribution is -2.48. The number of nitrogens with zero attached hydrogens (tertiary/aromatic N) is 4. The fourth-order valence-electron chi connectivity index (χ4n) is 8.62. The van der Waals surface area contributed by atoms with Crippen molar-refractivity contribution in [1.29, 1.82) is 0 Å². The van der Waals surface area contributed by atoms with E-state index >= 15 is 0 Å². The summed E-state index contributed by atoms with van der Waals surface area (Å²) in [6, 6.07) is 30.1. The Kier molecular flexibility index (Phi) is 20.8. The van der Waals surface area contributed by atoms with Gasteiger partial charge in [-0.2, -0.15) is 13.2 Å². The monoisotopic (exact) mass is 994 g/mol. The topological polar surface area (TPSA) is 88.2 Å². The predicted octanol–water partition coefficient (Wildman–Crippen LogP) is 11.8. The van der Waals surface area contributed by atoms with Gasteiger partial charge in [0, 0.05) is 98.3 Å². The van der Waals surface area contributed by atoms with Gasteiger partial charge in [0.15, 0.2) is 0 Å². The standard InChI is InChI=1S/C42H47F3N4O3S3.C9H20N2.C2H6/c1-30-9-11-31(12-10-30)37-19-20-41(2,3)28-33(37)29-48-22-24-49(25-23-48)34-15-13-32(14-16-34)40(50)47-54-36-17-18-38(39(27-36)55(51,52)42(43,44)45)46-21-26-53-35-7-5-4-6-8-35;1-4-10-5-7-11(8-6-10)9(2)3;1-2/h4-18,27,46H,19-26,28-29H2,1-3H3,(H,47,50);9H,4-8H2,1-3H3;1-2H3. The molecule has 2 aliphatic heterocycles. The van der Waals surface area contributed by atoms with Crippen molar-refractivity contribution in [3.05, 3.63) is 119 Å². The summed E-state index contributed by atoms with van der Waals surface area (Å²) in [5, 5.41) is 2.84. The Hall–Kier alpha value is -3.99. The SMILES string of the molecule is CC.CCN1CCN(C(C)C)CC1.Cc1ccc(C2=C(CN3CCN(c4ccc(C(=O)NSc5ccc(NCCSc6ccccc6)c(S(=O)(=O)C(F)(F)F)c5)cc4)CC3)CC(C)(C)CC2)cc1. The van der Waals surface area contributed by atoms with Crippen LogP contribution in [0.1, 0.15) is 89.2 Å². The van der Waals surface area contributed by atoms with Crippen LogP contribution in [-0.2, 0) is 9.84 Å². The minimum atomic E-state index is -5.66. The van der Waals surface area contributed by atoms with Crippen molar-refractivity contribution >= 4 is 56.4 Å². The molecule has 0 saturated carbocycles. The highest BCUT2D eigenvalue weighted by Gasteiger charge is 2.48. The number of hydrogen-bond donors (Lipinski definition) is 2. The third-order valence-electron chi connectivity index (χ3n) is 12.7. The van der Waals surface area contributed by atoms with Crippen molar-refractivity contribution in [1.82, 2.24) is 19.4 Å². The van der Waals surface area contributed by atoms with E-state index in [4.69, 9.17) is 0 Å². The van der Waals surface area contributed by atoms with Crippen molar-refractivity contribution < 1.29 is 26.4 Å². The van der Waals surface area contributed by atoms with Gasteiger partial charge in [-0.1, -0.05) is 88.2 Å². The highest BCUT2D eigenvalue weighted by Crippen LogP contribution is 2.43. The third-order valence-corrected chi connectivity index (χ3v) is 16.0. The number of alkyl halides is 3. The number of carbonyl (C=O) groups is 1. The quantitative estimate of drug-likeness (QED) is 0.0682. The van der Waals surface area contributed by atoms with Crippen LogP contribution in [0.4, 0.5) is 24.5 Å². The number of hydrogen-bond acceptors (Lipinski definition) is 10. The summed E-state index contributed by atoms with van der Waals surface area (Å²) >= 11 is 2.25. The smallest absolute Gasteiger partial charge is 0.383 e. The highest BCUT2D eigenvalue weighted by molar-refractivity contribution is 7.99. The first-order valence-corrected chi connectivity index (χ1v) is 27.4. The Morgan fingerprint density at radius 1 is 0.809 bits per heavy atom. The molecule has 3 aliphatic rings. The van der Waals surface area contributed by atoms with Crippen LogP contribution in [0.3, 0.4) is 0 Å². The second-order valence-corrected chi connectivity index (χ2v) is 22.3. The lowest BCUT2D eigenvalue weighted by molar-refractivity contribution is -0.0435. The number of allylic oxidation sites excluding steroid dienone is 1. The van der Waals surface area contributed by atoms with E-state index in [-0.39, 0.29) is 17.1 Å². The van der Waals surface area contributed by atoms with Crippen molar-refractivity contribution in [2.45, 2.75) is 101 Å². The number of rotatable bonds is 15. The second-order valence-electron chi connectivity index (χ2n) is 18.4. The molecule has 372 valence electrons. The maximum atomic E-state index is 13.7. The Bertz CT molecular complexity index is 2330. The van der Waals surface area contributed by atoms with E-state index in [2.05, 4.69) is 95.4 Å². The molecule has 2 N–H and O–H groups in total. The van der Waals surface area contributed by atoms with Crippen molar-refractivity contribution in [3.63, 3.8) is 0 Å². The van der Waals surface area contributed by atoms with E-state index in [1.807, 2.05) is 56.3 Å². The number of benzene rings is 4. The summed E-state index contributed by atoms with van der Waals surface area (Å²) in [7, 11) is -5.66. The first kappa shape index (κ1) is 54.9. The number of carbonyl (C=O) groups excluding carboxylic acids is 1. The molecule has 4 aromatic carbocycles. The van der Waals surface area contributed by atoms with Crippen LogP contribution < -0.4 is 14.9 Å². The molecule has 1 aliphatic carbocycles. The number of aryl methyl sites for hydroxylation is 1. The van der Waals surface area contributed by atoms with E-state index in [1.54, 1.807) is 17.7 Å². The average Bonchev–Trinajstić information content (AvgIpc) is 3.33. The summed E-state index contributed by atoms with van der Waals surface area (Å²) in [5.74, 6) is 0.0546. The Morgan fingerprint density at radius 2 is 1.44 bits per heavy atom. The molecule has 1 amide bonds. The van der Waals surface area contributed by atoms with Gasteiger partial charge in [0.05, 0.1) is 5.69 Å². The van der Waals surface area contributed by atoms with Crippen LogP contribution in [-0.4, -0.2) is 118 Å². The summed E-state index contributed by atoms with van der Waals surface area (Å²) < 4.78 is 68.7. The maximum Gasteiger partial charge on any atom is 0.501 e. The number of amides is 1. The van der Waals surface area contributed by atoms with E-state index < -0.39 is 26.1 Å². The number of likely N-dealkylation sites (N-methyl/N-ethyl adjacent to an activating group) is 1. The van der Waals surface area contributed by atoms with E-state index in [0.717, 1.165) is 80.2 Å². The lowest BCUT2D eigenvalue weighted by Gasteiger charge is -2.39. The second kappa shape index (κ2) is 25.7. The van der Waals surface area contributed by atoms with Gasteiger partial charge in [0.1, 0.15) is 4.90 Å². The van der Waals surface area contributed by atoms with Gasteiger partial charge in [-0.15, -0.1) is 11.8 Å². The van der Waals surface area contributed by atoms with Crippen molar-refractivity contribution in [3.8, 4) is 0 Å². The van der Waals surface area contributed by atoms with Gasteiger partial charge in [-0.25, -0.2) is 8.42 Å². The van der Waals surface area contributed by atoms with Crippen molar-refractivity contribution in [2.24, 2.45) is 5.41 Å². The number of halogens is 3. The number of thioether (sulfide) groups is 1. The Morgan fingerprint density at radius 3 is 2.04 bits per heavy atom. The molecule has 15 heteroatoms. The van der Waals surface area contributed by atoms with Crippen molar-refractivity contribution in [2.75, 3.05) is 88.0 Å². The van der Waals surface area contributed by atoms with Crippen LogP contribution in [0.25, 0.3) is 5.57 Å². The van der Waals surface area contributed by atoms with Crippen LogP contribution in [0.15, 0.2) is 117 Å². The van der Waals surface area contributed by atoms with Crippen LogP contribution in [0.2, 0.25) is 0 Å². The minimum Gasteiger partial charge on any atom is -0.383 e. The average molecular weight is 995 g/mol. The number of anilines is 2. The molecule has 7 rings (SSSR count). The van der Waals surface area contributed by atoms with Gasteiger partial charge < -0.3 is 15.1 Å². The molecular weight excluding hydrogens is 922 g/mol. The number of nitrogens with one attached hydrogen (secondary N) is 2. The molecule has 68 heavy (non-hydrogen) atoms. The molecule has 0 spiro atoms. The Balaban J connectivity index is 0.000000579. The molecule has 2 saturated heterocycles. The van der Waals surface area contributed by atoms with E-state index in [1.165, 1.54) is 79.7 Å². The predicted molar refractivity (Wildman–Crippen MR) is 280 cm³/mol. The first-order chi connectivity index (χ1) is 32.4. The normalized spacial score (nSPS) is 17.2. The zero-order valence-corrected chi connectivity index (χ0v) is 43.7. The number of sulfone groups is 1. The van der Waals surface area contributed by atoms with Gasteiger partial charge in [0.2, 0.25) is 0 Å². The van der Waals surface area contributed by atoms with Gasteiger partial charge in [0.25, 0.3) is 15.7 Å². The molecule has 2 heterocycles. The van der Waals surface area contributed by atoms with Crippen LogP contribution in [0, 0.1) is 12.3 Å². The molecule has 4 aromatic rings. The maximum absolute atomic E-state index is 13.7. The molecule has 9 nitrogen and oxygen atoms in total. The molecule has 2 fully saturated rings. The van der Waals surface area contributed by atoms with Crippen LogP contribution in [0.5, 0.6) is 0 Å². The lowest BCUT2D eigenvalue weighted by atomic mass is 9.72. The first-order valence-electron chi connectivity index (χ1n) is 24.1. The fourth-order valence-corrected chi connectivity index (χ4v) is 11.1. The number of piperazine rings is 2. The summed E-state index contributed by atoms with van der Waals surface area (Å²) in [5.41, 5.74) is 1.69. The minimum absolute atomic E-state index is 0.147. The molecule has 0 aromatic heterocycles. The largest absolute Gasteiger partial charge is 0.501 e. The summed E-state index contributed by atoms with van der Waals surface area (Å²) in [6.45, 7) is 28.7. The van der Waals surface area contributed by atoms with Crippen LogP contribution >= 0.6 is 23.7 Å². The molecule has 0 bridgehead atoms. The fraction of sp³-hybridized carbons (Fsp3) is 0.491.